The van der Waals surface area contributed by atoms with E-state index < -0.39 is 0 Å². The zero-order chi connectivity index (χ0) is 18.9. The van der Waals surface area contributed by atoms with Crippen LogP contribution in [-0.4, -0.2) is 49.3 Å². The van der Waals surface area contributed by atoms with Crippen LogP contribution in [0.4, 0.5) is 5.69 Å². The molecule has 1 aliphatic heterocycles. The van der Waals surface area contributed by atoms with Crippen LogP contribution in [0.15, 0.2) is 54.6 Å². The molecule has 1 heterocycles. The van der Waals surface area contributed by atoms with Crippen molar-refractivity contribution in [2.24, 2.45) is 0 Å². The van der Waals surface area contributed by atoms with E-state index in [1.165, 1.54) is 7.11 Å². The van der Waals surface area contributed by atoms with Crippen LogP contribution in [0.1, 0.15) is 25.5 Å². The number of ether oxygens (including phenoxy) is 1. The normalized spacial score (nSPS) is 15.6. The Kier molecular flexibility index (Phi) is 7.48. The lowest BCUT2D eigenvalue weighted by molar-refractivity contribution is -0.147. The van der Waals surface area contributed by atoms with Gasteiger partial charge in [-0.1, -0.05) is 50.2 Å². The molecule has 1 aliphatic rings. The highest BCUT2D eigenvalue weighted by Gasteiger charge is 2.31. The Hall–Kier alpha value is -2.53. The quantitative estimate of drug-likeness (QED) is 0.851. The standard InChI is InChI=1S/C19H22N2O3.C2H6/c1-24-19(23)18(15-6-3-2-4-7-15)21-12-10-20(11-13-21)16-8-5-9-17(22)14-16;1-2/h2-9,14,18,22H,10-13H2,1H3;1-2H3. The molecule has 0 saturated carbocycles. The highest BCUT2D eigenvalue weighted by molar-refractivity contribution is 5.77. The smallest absolute Gasteiger partial charge is 0.327 e. The summed E-state index contributed by atoms with van der Waals surface area (Å²) < 4.78 is 5.02. The number of rotatable bonds is 4. The molecule has 5 nitrogen and oxygen atoms in total. The number of nitrogens with zero attached hydrogens (tertiary/aromatic N) is 2. The minimum Gasteiger partial charge on any atom is -0.508 e. The fourth-order valence-electron chi connectivity index (χ4n) is 3.17. The molecule has 26 heavy (non-hydrogen) atoms. The second kappa shape index (κ2) is 9.82. The van der Waals surface area contributed by atoms with Gasteiger partial charge in [0.05, 0.1) is 7.11 Å². The molecule has 1 N–H and O–H groups in total. The summed E-state index contributed by atoms with van der Waals surface area (Å²) in [7, 11) is 1.43. The number of anilines is 1. The average molecular weight is 356 g/mol. The molecule has 2 aromatic rings. The van der Waals surface area contributed by atoms with Gasteiger partial charge in [0.2, 0.25) is 0 Å². The van der Waals surface area contributed by atoms with Gasteiger partial charge in [-0.05, 0) is 17.7 Å². The van der Waals surface area contributed by atoms with Gasteiger partial charge in [0.25, 0.3) is 0 Å². The molecule has 1 fully saturated rings. The van der Waals surface area contributed by atoms with Gasteiger partial charge in [0.1, 0.15) is 11.8 Å². The minimum atomic E-state index is -0.373. The van der Waals surface area contributed by atoms with Crippen molar-refractivity contribution in [3.05, 3.63) is 60.2 Å². The van der Waals surface area contributed by atoms with Crippen LogP contribution in [0.3, 0.4) is 0 Å². The van der Waals surface area contributed by atoms with Crippen molar-refractivity contribution in [1.82, 2.24) is 4.90 Å². The van der Waals surface area contributed by atoms with Crippen LogP contribution in [-0.2, 0) is 9.53 Å². The third-order valence-corrected chi connectivity index (χ3v) is 4.41. The third kappa shape index (κ3) is 4.76. The molecule has 1 saturated heterocycles. The van der Waals surface area contributed by atoms with E-state index in [2.05, 4.69) is 9.80 Å². The molecule has 2 aromatic carbocycles. The second-order valence-corrected chi connectivity index (χ2v) is 5.88. The van der Waals surface area contributed by atoms with Crippen molar-refractivity contribution >= 4 is 11.7 Å². The SMILES string of the molecule is CC.COC(=O)C(c1ccccc1)N1CCN(c2cccc(O)c2)CC1. The van der Waals surface area contributed by atoms with E-state index in [0.717, 1.165) is 37.4 Å². The molecule has 5 heteroatoms. The number of phenols is 1. The predicted molar refractivity (Wildman–Crippen MR) is 104 cm³/mol. The number of esters is 1. The summed E-state index contributed by atoms with van der Waals surface area (Å²) in [6, 6.07) is 16.6. The van der Waals surface area contributed by atoms with Crippen LogP contribution in [0.2, 0.25) is 0 Å². The fraction of sp³-hybridized carbons (Fsp3) is 0.381. The van der Waals surface area contributed by atoms with E-state index in [4.69, 9.17) is 4.74 Å². The lowest BCUT2D eigenvalue weighted by atomic mass is 10.0. The number of methoxy groups -OCH3 is 1. The molecule has 0 aromatic heterocycles. The van der Waals surface area contributed by atoms with Crippen LogP contribution in [0, 0.1) is 0 Å². The summed E-state index contributed by atoms with van der Waals surface area (Å²) in [5, 5.41) is 9.64. The van der Waals surface area contributed by atoms with Gasteiger partial charge >= 0.3 is 5.97 Å². The number of benzene rings is 2. The summed E-state index contributed by atoms with van der Waals surface area (Å²) in [5.41, 5.74) is 1.96. The van der Waals surface area contributed by atoms with Crippen molar-refractivity contribution in [3.8, 4) is 5.75 Å². The van der Waals surface area contributed by atoms with Gasteiger partial charge in [-0.25, -0.2) is 4.79 Å². The van der Waals surface area contributed by atoms with Crippen molar-refractivity contribution in [3.63, 3.8) is 0 Å². The minimum absolute atomic E-state index is 0.230. The third-order valence-electron chi connectivity index (χ3n) is 4.41. The maximum Gasteiger partial charge on any atom is 0.327 e. The van der Waals surface area contributed by atoms with Gasteiger partial charge in [-0.2, -0.15) is 0 Å². The summed E-state index contributed by atoms with van der Waals surface area (Å²) in [4.78, 5) is 16.7. The van der Waals surface area contributed by atoms with E-state index in [1.807, 2.05) is 56.3 Å². The van der Waals surface area contributed by atoms with Crippen LogP contribution in [0.5, 0.6) is 5.75 Å². The largest absolute Gasteiger partial charge is 0.508 e. The van der Waals surface area contributed by atoms with E-state index in [1.54, 1.807) is 12.1 Å². The van der Waals surface area contributed by atoms with Crippen molar-refractivity contribution in [2.45, 2.75) is 19.9 Å². The summed E-state index contributed by atoms with van der Waals surface area (Å²) >= 11 is 0. The van der Waals surface area contributed by atoms with Crippen molar-refractivity contribution in [2.75, 3.05) is 38.2 Å². The van der Waals surface area contributed by atoms with E-state index in [0.29, 0.717) is 0 Å². The van der Waals surface area contributed by atoms with Gasteiger partial charge in [-0.15, -0.1) is 0 Å². The highest BCUT2D eigenvalue weighted by atomic mass is 16.5. The molecule has 0 bridgehead atoms. The first kappa shape index (κ1) is 19.8. The van der Waals surface area contributed by atoms with Crippen LogP contribution in [0.25, 0.3) is 0 Å². The van der Waals surface area contributed by atoms with Crippen LogP contribution < -0.4 is 4.90 Å². The number of hydrogen-bond donors (Lipinski definition) is 1. The lowest BCUT2D eigenvalue weighted by Gasteiger charge is -2.39. The number of piperazine rings is 1. The first-order chi connectivity index (χ1) is 12.7. The Labute approximate surface area is 155 Å². The summed E-state index contributed by atoms with van der Waals surface area (Å²) in [6.45, 7) is 7.10. The first-order valence-corrected chi connectivity index (χ1v) is 9.10. The van der Waals surface area contributed by atoms with Gasteiger partial charge in [0.15, 0.2) is 0 Å². The maximum atomic E-state index is 12.3. The molecule has 1 atom stereocenters. The molecular weight excluding hydrogens is 328 g/mol. The van der Waals surface area contributed by atoms with Crippen molar-refractivity contribution in [1.29, 1.82) is 0 Å². The highest BCUT2D eigenvalue weighted by Crippen LogP contribution is 2.26. The monoisotopic (exact) mass is 356 g/mol. The Morgan fingerprint density at radius 3 is 2.23 bits per heavy atom. The molecule has 0 amide bonds. The zero-order valence-corrected chi connectivity index (χ0v) is 15.8. The molecule has 3 rings (SSSR count). The summed E-state index contributed by atoms with van der Waals surface area (Å²) in [6.07, 6.45) is 0. The second-order valence-electron chi connectivity index (χ2n) is 5.88. The number of aromatic hydroxyl groups is 1. The molecule has 1 unspecified atom stereocenters. The Balaban J connectivity index is 0.00000117. The van der Waals surface area contributed by atoms with Gasteiger partial charge < -0.3 is 14.7 Å². The van der Waals surface area contributed by atoms with Crippen molar-refractivity contribution < 1.29 is 14.6 Å². The van der Waals surface area contributed by atoms with Gasteiger partial charge in [0, 0.05) is 37.9 Å². The molecule has 0 radical (unpaired) electrons. The maximum absolute atomic E-state index is 12.3. The van der Waals surface area contributed by atoms with Gasteiger partial charge in [-0.3, -0.25) is 4.90 Å². The number of phenolic OH excluding ortho intramolecular Hbond substituents is 1. The number of hydrogen-bond acceptors (Lipinski definition) is 5. The Bertz CT molecular complexity index is 683. The van der Waals surface area contributed by atoms with E-state index in [9.17, 15) is 9.90 Å². The first-order valence-electron chi connectivity index (χ1n) is 9.10. The predicted octanol–water partition coefficient (Wildman–Crippen LogP) is 3.45. The topological polar surface area (TPSA) is 53.0 Å². The lowest BCUT2D eigenvalue weighted by Crippen LogP contribution is -2.49. The number of carbonyl (C=O) groups excluding carboxylic acids is 1. The molecule has 0 aliphatic carbocycles. The van der Waals surface area contributed by atoms with Crippen LogP contribution >= 0.6 is 0 Å². The van der Waals surface area contributed by atoms with E-state index >= 15 is 0 Å². The zero-order valence-electron chi connectivity index (χ0n) is 15.8. The fourth-order valence-corrected chi connectivity index (χ4v) is 3.17. The number of carbonyl (C=O) groups is 1. The molecule has 140 valence electrons. The van der Waals surface area contributed by atoms with E-state index in [-0.39, 0.29) is 17.8 Å². The molecule has 0 spiro atoms. The Morgan fingerprint density at radius 2 is 1.65 bits per heavy atom. The Morgan fingerprint density at radius 1 is 1.00 bits per heavy atom. The molecular formula is C21H28N2O3. The summed E-state index contributed by atoms with van der Waals surface area (Å²) in [5.74, 6) is 0.0404. The average Bonchev–Trinajstić information content (AvgIpc) is 2.71.